The Kier molecular flexibility index (Phi) is 10.9. The number of nitrogens with one attached hydrogen (secondary N) is 2. The number of aromatic amines is 1. The molecule has 4 aromatic heterocycles. The van der Waals surface area contributed by atoms with E-state index in [0.29, 0.717) is 9.75 Å². The highest BCUT2D eigenvalue weighted by Crippen LogP contribution is 2.26. The van der Waals surface area contributed by atoms with Gasteiger partial charge in [-0.1, -0.05) is 27.7 Å². The van der Waals surface area contributed by atoms with E-state index >= 15 is 0 Å². The maximum absolute atomic E-state index is 11.1. The smallest absolute Gasteiger partial charge is 0.346 e. The molecule has 0 saturated heterocycles. The highest BCUT2D eigenvalue weighted by Gasteiger charge is 2.11. The zero-order valence-electron chi connectivity index (χ0n) is 18.9. The number of carboxylic acids is 1. The number of nitrogens with two attached hydrogens (primary N) is 1. The number of amides is 1. The number of nitrogen functional groups attached to an aromatic ring is 1. The molecule has 0 aliphatic carbocycles. The summed E-state index contributed by atoms with van der Waals surface area (Å²) in [7, 11) is 7.67. The number of aromatic nitrogens is 3. The Balaban J connectivity index is 0.000000187. The van der Waals surface area contributed by atoms with Gasteiger partial charge in [-0.2, -0.15) is 10.2 Å². The van der Waals surface area contributed by atoms with E-state index in [-0.39, 0.29) is 11.9 Å². The molecule has 3 atom stereocenters. The summed E-state index contributed by atoms with van der Waals surface area (Å²) in [5.41, 5.74) is 8.34. The van der Waals surface area contributed by atoms with Gasteiger partial charge in [-0.25, -0.2) is 4.79 Å². The second kappa shape index (κ2) is 13.2. The van der Waals surface area contributed by atoms with E-state index in [1.165, 1.54) is 32.9 Å². The molecule has 5 N–H and O–H groups in total. The predicted octanol–water partition coefficient (Wildman–Crippen LogP) is 2.95. The molecule has 4 aromatic rings. The zero-order valence-corrected chi connectivity index (χ0v) is 24.8. The Hall–Kier alpha value is -2.24. The standard InChI is InChI=1S/C7H9N4PS.C7H7N2OPS.C6H7O2PS/c1-3-2-4(12)13-5(3)6-9-7(8)11-10-6;1-4-2-5(11)12-6(4)7(10)9-3-8;1-3-2-4(9)10-5(3)6(7)8/h2H,12H2,1H3,(H3,8,9,10,11);2H,11H2,1H3,(H,9,10);2H,9H2,1H3,(H,7,8). The van der Waals surface area contributed by atoms with Crippen LogP contribution in [0.2, 0.25) is 0 Å². The van der Waals surface area contributed by atoms with Crippen molar-refractivity contribution in [2.24, 2.45) is 0 Å². The van der Waals surface area contributed by atoms with Gasteiger partial charge in [0.05, 0.1) is 9.75 Å². The minimum absolute atomic E-state index is 0.285. The summed E-state index contributed by atoms with van der Waals surface area (Å²) in [4.78, 5) is 27.8. The van der Waals surface area contributed by atoms with Crippen LogP contribution in [0.4, 0.5) is 5.95 Å². The van der Waals surface area contributed by atoms with Crippen LogP contribution in [0, 0.1) is 32.2 Å². The molecule has 0 spiro atoms. The van der Waals surface area contributed by atoms with Gasteiger partial charge in [0.1, 0.15) is 4.88 Å². The van der Waals surface area contributed by atoms with E-state index in [2.05, 4.69) is 54.3 Å². The molecule has 9 nitrogen and oxygen atoms in total. The lowest BCUT2D eigenvalue weighted by molar-refractivity contribution is 0.0701. The third-order valence-corrected chi connectivity index (χ3v) is 8.85. The van der Waals surface area contributed by atoms with Crippen LogP contribution in [-0.4, -0.2) is 32.2 Å². The number of aromatic carboxylic acids is 1. The fourth-order valence-electron chi connectivity index (χ4n) is 2.68. The van der Waals surface area contributed by atoms with Crippen molar-refractivity contribution < 1.29 is 14.7 Å². The summed E-state index contributed by atoms with van der Waals surface area (Å²) < 4.78 is 3.15. The molecular formula is C20H23N6O3P3S3. The first-order chi connectivity index (χ1) is 16.4. The molecule has 184 valence electrons. The molecule has 0 radical (unpaired) electrons. The summed E-state index contributed by atoms with van der Waals surface area (Å²) in [6.45, 7) is 5.68. The molecule has 0 fully saturated rings. The first-order valence-electron chi connectivity index (χ1n) is 9.61. The Bertz CT molecular complexity index is 1390. The summed E-state index contributed by atoms with van der Waals surface area (Å²) in [6.07, 6.45) is 1.60. The van der Waals surface area contributed by atoms with Gasteiger partial charge in [0.2, 0.25) is 5.95 Å². The van der Waals surface area contributed by atoms with Crippen LogP contribution in [0.15, 0.2) is 18.2 Å². The second-order valence-electron chi connectivity index (χ2n) is 6.90. The average Bonchev–Trinajstić information content (AvgIpc) is 3.51. The van der Waals surface area contributed by atoms with Crippen molar-refractivity contribution in [2.75, 3.05) is 5.73 Å². The Morgan fingerprint density at radius 2 is 1.51 bits per heavy atom. The molecule has 3 unspecified atom stereocenters. The Morgan fingerprint density at radius 1 is 1.00 bits per heavy atom. The predicted molar refractivity (Wildman–Crippen MR) is 155 cm³/mol. The lowest BCUT2D eigenvalue weighted by atomic mass is 10.3. The van der Waals surface area contributed by atoms with Gasteiger partial charge in [-0.05, 0) is 55.7 Å². The van der Waals surface area contributed by atoms with Gasteiger partial charge in [-0.3, -0.25) is 15.2 Å². The number of aryl methyl sites for hydroxylation is 3. The molecule has 35 heavy (non-hydrogen) atoms. The molecule has 4 heterocycles. The second-order valence-corrected chi connectivity index (χ2v) is 13.3. The number of nitrogens with zero attached hydrogens (tertiary/aromatic N) is 3. The third kappa shape index (κ3) is 8.43. The van der Waals surface area contributed by atoms with E-state index in [9.17, 15) is 9.59 Å². The topological polar surface area (TPSA) is 158 Å². The van der Waals surface area contributed by atoms with Crippen molar-refractivity contribution in [3.05, 3.63) is 44.6 Å². The van der Waals surface area contributed by atoms with Crippen molar-refractivity contribution in [3.8, 4) is 16.9 Å². The number of anilines is 1. The molecular weight excluding hydrogens is 561 g/mol. The van der Waals surface area contributed by atoms with Gasteiger partial charge >= 0.3 is 5.97 Å². The van der Waals surface area contributed by atoms with Crippen LogP contribution < -0.4 is 24.9 Å². The quantitative estimate of drug-likeness (QED) is 0.164. The lowest BCUT2D eigenvalue weighted by Gasteiger charge is -1.92. The van der Waals surface area contributed by atoms with Crippen LogP contribution in [0.25, 0.3) is 10.7 Å². The number of nitriles is 1. The molecule has 0 aromatic carbocycles. The summed E-state index contributed by atoms with van der Waals surface area (Å²) in [5, 5.41) is 25.5. The van der Waals surface area contributed by atoms with Crippen molar-refractivity contribution >= 4 is 93.4 Å². The number of carboxylic acid groups (broad SMARTS) is 1. The van der Waals surface area contributed by atoms with E-state index < -0.39 is 5.97 Å². The van der Waals surface area contributed by atoms with Crippen molar-refractivity contribution in [3.63, 3.8) is 0 Å². The molecule has 0 aliphatic heterocycles. The summed E-state index contributed by atoms with van der Waals surface area (Å²) in [6, 6.07) is 5.82. The van der Waals surface area contributed by atoms with Gasteiger partial charge < -0.3 is 10.8 Å². The number of H-pyrrole nitrogens is 1. The highest BCUT2D eigenvalue weighted by atomic mass is 32.1. The fraction of sp³-hybridized carbons (Fsp3) is 0.150. The van der Waals surface area contributed by atoms with Crippen molar-refractivity contribution in [1.82, 2.24) is 20.5 Å². The van der Waals surface area contributed by atoms with Gasteiger partial charge in [0.25, 0.3) is 5.91 Å². The van der Waals surface area contributed by atoms with Crippen LogP contribution in [0.5, 0.6) is 0 Å². The molecule has 1 amide bonds. The minimum Gasteiger partial charge on any atom is -0.477 e. The van der Waals surface area contributed by atoms with E-state index in [0.717, 1.165) is 31.1 Å². The lowest BCUT2D eigenvalue weighted by Crippen LogP contribution is -2.16. The number of hydrogen-bond donors (Lipinski definition) is 4. The van der Waals surface area contributed by atoms with Gasteiger partial charge in [0, 0.05) is 13.9 Å². The number of rotatable bonds is 3. The van der Waals surface area contributed by atoms with Crippen molar-refractivity contribution in [1.29, 1.82) is 5.26 Å². The first kappa shape index (κ1) is 29.0. The average molecular weight is 585 g/mol. The summed E-state index contributed by atoms with van der Waals surface area (Å²) in [5.74, 6) is -0.133. The first-order valence-corrected chi connectivity index (χ1v) is 13.8. The minimum atomic E-state index is -0.837. The van der Waals surface area contributed by atoms with Crippen LogP contribution >= 0.6 is 61.7 Å². The van der Waals surface area contributed by atoms with E-state index in [4.69, 9.17) is 16.1 Å². The zero-order chi connectivity index (χ0) is 26.3. The van der Waals surface area contributed by atoms with Crippen molar-refractivity contribution in [2.45, 2.75) is 20.8 Å². The number of thiophene rings is 3. The highest BCUT2D eigenvalue weighted by molar-refractivity contribution is 7.44. The monoisotopic (exact) mass is 584 g/mol. The number of carbonyl (C=O) groups is 2. The largest absolute Gasteiger partial charge is 0.477 e. The third-order valence-electron chi connectivity index (χ3n) is 4.10. The van der Waals surface area contributed by atoms with Gasteiger partial charge in [-0.15, -0.1) is 39.1 Å². The molecule has 0 aliphatic rings. The van der Waals surface area contributed by atoms with E-state index in [1.54, 1.807) is 24.5 Å². The summed E-state index contributed by atoms with van der Waals surface area (Å²) >= 11 is 4.30. The molecule has 15 heteroatoms. The SMILES string of the molecule is Cc1cc(P)sc1-c1nc(N)n[nH]1.Cc1cc(P)sc1C(=O)NC#N.Cc1cc(P)sc1C(=O)O. The number of hydrogen-bond acceptors (Lipinski definition) is 9. The maximum Gasteiger partial charge on any atom is 0.346 e. The fourth-order valence-corrected chi connectivity index (χ4v) is 6.98. The molecule has 4 rings (SSSR count). The normalized spacial score (nSPS) is 9.86. The Morgan fingerprint density at radius 3 is 1.86 bits per heavy atom. The Labute approximate surface area is 221 Å². The van der Waals surface area contributed by atoms with E-state index in [1.807, 2.05) is 26.0 Å². The molecule has 0 bridgehead atoms. The van der Waals surface area contributed by atoms with Crippen LogP contribution in [0.1, 0.15) is 36.0 Å². The number of carbonyl (C=O) groups excluding carboxylic acids is 1. The van der Waals surface area contributed by atoms with Crippen LogP contribution in [0.3, 0.4) is 0 Å². The maximum atomic E-state index is 11.1. The van der Waals surface area contributed by atoms with Gasteiger partial charge in [0.15, 0.2) is 12.0 Å². The molecule has 0 saturated carbocycles. The van der Waals surface area contributed by atoms with Crippen LogP contribution in [-0.2, 0) is 0 Å².